The van der Waals surface area contributed by atoms with Crippen molar-refractivity contribution >= 4 is 21.6 Å². The molecule has 0 bridgehead atoms. The Morgan fingerprint density at radius 3 is 2.08 bits per heavy atom. The summed E-state index contributed by atoms with van der Waals surface area (Å²) in [6, 6.07) is 14.6. The van der Waals surface area contributed by atoms with Gasteiger partial charge < -0.3 is 10.1 Å². The van der Waals surface area contributed by atoms with Gasteiger partial charge in [0.25, 0.3) is 5.91 Å². The van der Waals surface area contributed by atoms with Crippen molar-refractivity contribution in [2.45, 2.75) is 13.8 Å². The first-order chi connectivity index (χ1) is 12.3. The minimum atomic E-state index is -3.44. The second kappa shape index (κ2) is 8.71. The third-order valence-electron chi connectivity index (χ3n) is 3.75. The highest BCUT2D eigenvalue weighted by atomic mass is 32.2. The van der Waals surface area contributed by atoms with Crippen LogP contribution in [0.5, 0.6) is 5.75 Å². The van der Waals surface area contributed by atoms with Crippen LogP contribution in [0.15, 0.2) is 48.5 Å². The third kappa shape index (κ3) is 6.07. The number of nitrogens with zero attached hydrogens (tertiary/aromatic N) is 1. The Morgan fingerprint density at radius 1 is 1.00 bits per heavy atom. The van der Waals surface area contributed by atoms with Crippen LogP contribution in [0, 0.1) is 13.8 Å². The summed E-state index contributed by atoms with van der Waals surface area (Å²) in [6.07, 6.45) is 1.15. The van der Waals surface area contributed by atoms with Gasteiger partial charge in [-0.15, -0.1) is 0 Å². The van der Waals surface area contributed by atoms with Crippen molar-refractivity contribution in [1.29, 1.82) is 0 Å². The fourth-order valence-corrected chi connectivity index (χ4v) is 3.26. The standard InChI is InChI=1S/C19H24N2O4S/c1-15-4-8-17(9-5-15)21(26(3,23)24)13-12-20-19(22)14-25-18-10-6-16(2)7-11-18/h4-11H,12-14H2,1-3H3,(H,20,22). The molecule has 0 spiro atoms. The number of carbonyl (C=O) groups excluding carboxylic acids is 1. The number of anilines is 1. The molecule has 0 unspecified atom stereocenters. The highest BCUT2D eigenvalue weighted by Crippen LogP contribution is 2.17. The zero-order valence-corrected chi connectivity index (χ0v) is 16.0. The first-order valence-electron chi connectivity index (χ1n) is 8.26. The number of rotatable bonds is 8. The van der Waals surface area contributed by atoms with Crippen LogP contribution < -0.4 is 14.4 Å². The van der Waals surface area contributed by atoms with E-state index in [2.05, 4.69) is 5.32 Å². The zero-order valence-electron chi connectivity index (χ0n) is 15.2. The van der Waals surface area contributed by atoms with E-state index in [0.717, 1.165) is 17.4 Å². The molecule has 0 aliphatic rings. The van der Waals surface area contributed by atoms with E-state index in [0.29, 0.717) is 11.4 Å². The number of carbonyl (C=O) groups is 1. The lowest BCUT2D eigenvalue weighted by atomic mass is 10.2. The van der Waals surface area contributed by atoms with Gasteiger partial charge in [-0.1, -0.05) is 35.4 Å². The van der Waals surface area contributed by atoms with E-state index in [1.165, 1.54) is 4.31 Å². The van der Waals surface area contributed by atoms with E-state index in [9.17, 15) is 13.2 Å². The number of aryl methyl sites for hydroxylation is 2. The van der Waals surface area contributed by atoms with Gasteiger partial charge in [0, 0.05) is 6.54 Å². The van der Waals surface area contributed by atoms with Crippen molar-refractivity contribution in [2.75, 3.05) is 30.3 Å². The van der Waals surface area contributed by atoms with Gasteiger partial charge in [0.05, 0.1) is 18.5 Å². The second-order valence-corrected chi connectivity index (χ2v) is 8.03. The molecule has 0 atom stereocenters. The largest absolute Gasteiger partial charge is 0.484 e. The summed E-state index contributed by atoms with van der Waals surface area (Å²) in [6.45, 7) is 4.13. The zero-order chi connectivity index (χ0) is 19.2. The summed E-state index contributed by atoms with van der Waals surface area (Å²) in [4.78, 5) is 11.9. The monoisotopic (exact) mass is 376 g/mol. The molecule has 140 valence electrons. The van der Waals surface area contributed by atoms with E-state index in [1.54, 1.807) is 24.3 Å². The maximum Gasteiger partial charge on any atom is 0.258 e. The fourth-order valence-electron chi connectivity index (χ4n) is 2.33. The van der Waals surface area contributed by atoms with Crippen molar-refractivity contribution < 1.29 is 17.9 Å². The van der Waals surface area contributed by atoms with Gasteiger partial charge >= 0.3 is 0 Å². The van der Waals surface area contributed by atoms with Gasteiger partial charge in [-0.05, 0) is 38.1 Å². The lowest BCUT2D eigenvalue weighted by molar-refractivity contribution is -0.123. The van der Waals surface area contributed by atoms with Gasteiger partial charge in [-0.25, -0.2) is 8.42 Å². The van der Waals surface area contributed by atoms with Crippen LogP contribution in [0.25, 0.3) is 0 Å². The van der Waals surface area contributed by atoms with Gasteiger partial charge in [-0.3, -0.25) is 9.10 Å². The van der Waals surface area contributed by atoms with Crippen molar-refractivity contribution in [3.63, 3.8) is 0 Å². The predicted molar refractivity (Wildman–Crippen MR) is 103 cm³/mol. The van der Waals surface area contributed by atoms with E-state index < -0.39 is 10.0 Å². The van der Waals surface area contributed by atoms with Crippen molar-refractivity contribution in [1.82, 2.24) is 5.32 Å². The summed E-state index contributed by atoms with van der Waals surface area (Å²) in [5, 5.41) is 2.68. The van der Waals surface area contributed by atoms with Crippen molar-refractivity contribution in [3.8, 4) is 5.75 Å². The lowest BCUT2D eigenvalue weighted by Crippen LogP contribution is -2.39. The molecule has 1 amide bonds. The molecule has 1 N–H and O–H groups in total. The summed E-state index contributed by atoms with van der Waals surface area (Å²) in [7, 11) is -3.44. The quantitative estimate of drug-likeness (QED) is 0.767. The highest BCUT2D eigenvalue weighted by Gasteiger charge is 2.17. The summed E-state index contributed by atoms with van der Waals surface area (Å²) >= 11 is 0. The second-order valence-electron chi connectivity index (χ2n) is 6.12. The van der Waals surface area contributed by atoms with Gasteiger partial charge in [0.2, 0.25) is 10.0 Å². The molecule has 0 saturated heterocycles. The molecular formula is C19H24N2O4S. The molecule has 0 fully saturated rings. The number of ether oxygens (including phenoxy) is 1. The molecule has 6 nitrogen and oxygen atoms in total. The average Bonchev–Trinajstić information content (AvgIpc) is 2.58. The third-order valence-corrected chi connectivity index (χ3v) is 4.94. The summed E-state index contributed by atoms with van der Waals surface area (Å²) in [5.41, 5.74) is 2.73. The number of hydrogen-bond donors (Lipinski definition) is 1. The summed E-state index contributed by atoms with van der Waals surface area (Å²) < 4.78 is 30.7. The minimum absolute atomic E-state index is 0.119. The number of nitrogens with one attached hydrogen (secondary N) is 1. The van der Waals surface area contributed by atoms with Crippen molar-refractivity contribution in [2.24, 2.45) is 0 Å². The molecule has 0 aliphatic heterocycles. The normalized spacial score (nSPS) is 11.0. The molecular weight excluding hydrogens is 352 g/mol. The van der Waals surface area contributed by atoms with Crippen LogP contribution in [0.2, 0.25) is 0 Å². The number of amides is 1. The van der Waals surface area contributed by atoms with Crippen LogP contribution >= 0.6 is 0 Å². The van der Waals surface area contributed by atoms with Crippen LogP contribution in [-0.2, 0) is 14.8 Å². The van der Waals surface area contributed by atoms with Crippen LogP contribution in [0.3, 0.4) is 0 Å². The van der Waals surface area contributed by atoms with Crippen LogP contribution in [0.4, 0.5) is 5.69 Å². The maximum atomic E-state index is 12.0. The Morgan fingerprint density at radius 2 is 1.54 bits per heavy atom. The molecule has 0 aromatic heterocycles. The maximum absolute atomic E-state index is 12.0. The average molecular weight is 376 g/mol. The Kier molecular flexibility index (Phi) is 6.63. The number of hydrogen-bond acceptors (Lipinski definition) is 4. The van der Waals surface area contributed by atoms with E-state index in [-0.39, 0.29) is 25.6 Å². The van der Waals surface area contributed by atoms with Gasteiger partial charge in [0.15, 0.2) is 6.61 Å². The SMILES string of the molecule is Cc1ccc(OCC(=O)NCCN(c2ccc(C)cc2)S(C)(=O)=O)cc1. The van der Waals surface area contributed by atoms with Crippen LogP contribution in [0.1, 0.15) is 11.1 Å². The van der Waals surface area contributed by atoms with Gasteiger partial charge in [-0.2, -0.15) is 0 Å². The molecule has 2 aromatic rings. The minimum Gasteiger partial charge on any atom is -0.484 e. The van der Waals surface area contributed by atoms with E-state index >= 15 is 0 Å². The number of sulfonamides is 1. The molecule has 26 heavy (non-hydrogen) atoms. The Labute approximate surface area is 154 Å². The fraction of sp³-hybridized carbons (Fsp3) is 0.316. The smallest absolute Gasteiger partial charge is 0.258 e. The van der Waals surface area contributed by atoms with E-state index in [1.807, 2.05) is 38.1 Å². The summed E-state index contributed by atoms with van der Waals surface area (Å²) in [5.74, 6) is 0.311. The first kappa shape index (κ1) is 19.8. The molecule has 0 radical (unpaired) electrons. The topological polar surface area (TPSA) is 75.7 Å². The van der Waals surface area contributed by atoms with Crippen LogP contribution in [-0.4, -0.2) is 40.3 Å². The lowest BCUT2D eigenvalue weighted by Gasteiger charge is -2.22. The molecule has 7 heteroatoms. The van der Waals surface area contributed by atoms with E-state index in [4.69, 9.17) is 4.74 Å². The first-order valence-corrected chi connectivity index (χ1v) is 10.1. The highest BCUT2D eigenvalue weighted by molar-refractivity contribution is 7.92. The molecule has 0 heterocycles. The number of benzene rings is 2. The molecule has 0 aliphatic carbocycles. The Bertz CT molecular complexity index is 831. The van der Waals surface area contributed by atoms with Gasteiger partial charge in [0.1, 0.15) is 5.75 Å². The Balaban J connectivity index is 1.85. The molecule has 2 aromatic carbocycles. The Hall–Kier alpha value is -2.54. The van der Waals surface area contributed by atoms with Crippen molar-refractivity contribution in [3.05, 3.63) is 59.7 Å². The molecule has 2 rings (SSSR count). The molecule has 0 saturated carbocycles. The predicted octanol–water partition coefficient (Wildman–Crippen LogP) is 2.26.